The Morgan fingerprint density at radius 2 is 2.07 bits per heavy atom. The first kappa shape index (κ1) is 17.5. The van der Waals surface area contributed by atoms with Gasteiger partial charge < -0.3 is 9.64 Å². The SMILES string of the molecule is Cc1nn(Cc2ccccc2)c(C)c1[C@@H]1COCCN1C(=O)c1ccn[nH]1. The number of aromatic amines is 1. The van der Waals surface area contributed by atoms with Gasteiger partial charge in [0, 0.05) is 24.0 Å². The molecule has 140 valence electrons. The van der Waals surface area contributed by atoms with Gasteiger partial charge >= 0.3 is 0 Å². The summed E-state index contributed by atoms with van der Waals surface area (Å²) in [6.07, 6.45) is 1.59. The van der Waals surface area contributed by atoms with Crippen LogP contribution in [0.2, 0.25) is 0 Å². The average Bonchev–Trinajstić information content (AvgIpc) is 3.31. The molecule has 0 aliphatic carbocycles. The lowest BCUT2D eigenvalue weighted by Gasteiger charge is -2.35. The topological polar surface area (TPSA) is 76.0 Å². The molecule has 3 aromatic rings. The maximum absolute atomic E-state index is 12.9. The summed E-state index contributed by atoms with van der Waals surface area (Å²) >= 11 is 0. The molecule has 1 fully saturated rings. The van der Waals surface area contributed by atoms with Crippen LogP contribution in [0.5, 0.6) is 0 Å². The largest absolute Gasteiger partial charge is 0.377 e. The molecule has 1 amide bonds. The normalized spacial score (nSPS) is 17.3. The summed E-state index contributed by atoms with van der Waals surface area (Å²) < 4.78 is 7.72. The Labute approximate surface area is 157 Å². The fraction of sp³-hybridized carbons (Fsp3) is 0.350. The van der Waals surface area contributed by atoms with Crippen LogP contribution in [0.15, 0.2) is 42.6 Å². The molecule has 2 aromatic heterocycles. The number of ether oxygens (including phenoxy) is 1. The first-order valence-electron chi connectivity index (χ1n) is 9.11. The van der Waals surface area contributed by atoms with E-state index in [9.17, 15) is 4.79 Å². The number of hydrogen-bond acceptors (Lipinski definition) is 4. The number of aromatic nitrogens is 4. The second kappa shape index (κ2) is 7.36. The van der Waals surface area contributed by atoms with E-state index in [0.29, 0.717) is 32.0 Å². The third-order valence-corrected chi connectivity index (χ3v) is 5.07. The van der Waals surface area contributed by atoms with E-state index in [1.165, 1.54) is 5.56 Å². The second-order valence-corrected chi connectivity index (χ2v) is 6.79. The Kier molecular flexibility index (Phi) is 4.77. The van der Waals surface area contributed by atoms with Gasteiger partial charge in [-0.2, -0.15) is 10.2 Å². The Balaban J connectivity index is 1.65. The third-order valence-electron chi connectivity index (χ3n) is 5.07. The Morgan fingerprint density at radius 3 is 2.81 bits per heavy atom. The summed E-state index contributed by atoms with van der Waals surface area (Å²) in [5.74, 6) is -0.0598. The molecule has 1 aromatic carbocycles. The molecule has 27 heavy (non-hydrogen) atoms. The summed E-state index contributed by atoms with van der Waals surface area (Å²) in [7, 11) is 0. The summed E-state index contributed by atoms with van der Waals surface area (Å²) in [6.45, 7) is 6.31. The van der Waals surface area contributed by atoms with E-state index in [1.807, 2.05) is 34.7 Å². The fourth-order valence-electron chi connectivity index (χ4n) is 3.72. The predicted molar refractivity (Wildman–Crippen MR) is 100 cm³/mol. The minimum absolute atomic E-state index is 0.0598. The smallest absolute Gasteiger partial charge is 0.272 e. The van der Waals surface area contributed by atoms with Crippen LogP contribution < -0.4 is 0 Å². The molecule has 0 unspecified atom stereocenters. The predicted octanol–water partition coefficient (Wildman–Crippen LogP) is 2.49. The van der Waals surface area contributed by atoms with Crippen LogP contribution in [0.3, 0.4) is 0 Å². The molecule has 0 bridgehead atoms. The van der Waals surface area contributed by atoms with Gasteiger partial charge in [0.25, 0.3) is 5.91 Å². The van der Waals surface area contributed by atoms with Crippen molar-refractivity contribution >= 4 is 5.91 Å². The number of benzene rings is 1. The van der Waals surface area contributed by atoms with Gasteiger partial charge in [0.2, 0.25) is 0 Å². The van der Waals surface area contributed by atoms with Crippen LogP contribution >= 0.6 is 0 Å². The molecular formula is C20H23N5O2. The molecule has 1 aliphatic heterocycles. The molecule has 0 saturated carbocycles. The summed E-state index contributed by atoms with van der Waals surface area (Å²) in [5.41, 5.74) is 4.75. The Hall–Kier alpha value is -2.93. The molecule has 0 spiro atoms. The standard InChI is InChI=1S/C20H23N5O2/c1-14-19(15(2)25(23-14)12-16-6-4-3-5-7-16)18-13-27-11-10-24(18)20(26)17-8-9-21-22-17/h3-9,18H,10-13H2,1-2H3,(H,21,22)/t18-/m0/s1. The minimum Gasteiger partial charge on any atom is -0.377 e. The second-order valence-electron chi connectivity index (χ2n) is 6.79. The lowest BCUT2D eigenvalue weighted by molar-refractivity contribution is -0.00336. The highest BCUT2D eigenvalue weighted by Gasteiger charge is 2.33. The molecule has 3 heterocycles. The number of carbonyl (C=O) groups excluding carboxylic acids is 1. The molecule has 1 saturated heterocycles. The fourth-order valence-corrected chi connectivity index (χ4v) is 3.72. The third kappa shape index (κ3) is 3.38. The number of H-pyrrole nitrogens is 1. The van der Waals surface area contributed by atoms with Crippen LogP contribution in [0.25, 0.3) is 0 Å². The van der Waals surface area contributed by atoms with Crippen LogP contribution in [0.4, 0.5) is 0 Å². The monoisotopic (exact) mass is 365 g/mol. The van der Waals surface area contributed by atoms with Crippen molar-refractivity contribution in [3.05, 3.63) is 70.8 Å². The van der Waals surface area contributed by atoms with Crippen LogP contribution in [-0.2, 0) is 11.3 Å². The Bertz CT molecular complexity index is 918. The number of hydrogen-bond donors (Lipinski definition) is 1. The molecular weight excluding hydrogens is 342 g/mol. The van der Waals surface area contributed by atoms with E-state index < -0.39 is 0 Å². The number of carbonyl (C=O) groups is 1. The lowest BCUT2D eigenvalue weighted by atomic mass is 10.0. The molecule has 7 heteroatoms. The highest BCUT2D eigenvalue weighted by molar-refractivity contribution is 5.92. The average molecular weight is 365 g/mol. The summed E-state index contributed by atoms with van der Waals surface area (Å²) in [4.78, 5) is 14.8. The highest BCUT2D eigenvalue weighted by atomic mass is 16.5. The number of aryl methyl sites for hydroxylation is 1. The molecule has 0 radical (unpaired) electrons. The quantitative estimate of drug-likeness (QED) is 0.771. The maximum atomic E-state index is 12.9. The van der Waals surface area contributed by atoms with Gasteiger partial charge in [0.1, 0.15) is 5.69 Å². The van der Waals surface area contributed by atoms with Crippen LogP contribution in [0, 0.1) is 13.8 Å². The molecule has 7 nitrogen and oxygen atoms in total. The first-order chi connectivity index (χ1) is 13.1. The van der Waals surface area contributed by atoms with Crippen molar-refractivity contribution in [2.75, 3.05) is 19.8 Å². The van der Waals surface area contributed by atoms with E-state index in [1.54, 1.807) is 12.3 Å². The number of amides is 1. The number of nitrogens with one attached hydrogen (secondary N) is 1. The van der Waals surface area contributed by atoms with E-state index in [0.717, 1.165) is 17.0 Å². The van der Waals surface area contributed by atoms with E-state index >= 15 is 0 Å². The van der Waals surface area contributed by atoms with Crippen molar-refractivity contribution in [2.45, 2.75) is 26.4 Å². The summed E-state index contributed by atoms with van der Waals surface area (Å²) in [5, 5.41) is 11.4. The van der Waals surface area contributed by atoms with Crippen molar-refractivity contribution < 1.29 is 9.53 Å². The first-order valence-corrected chi connectivity index (χ1v) is 9.11. The molecule has 1 atom stereocenters. The van der Waals surface area contributed by atoms with E-state index in [4.69, 9.17) is 9.84 Å². The zero-order valence-corrected chi connectivity index (χ0v) is 15.6. The van der Waals surface area contributed by atoms with Crippen molar-refractivity contribution in [3.63, 3.8) is 0 Å². The van der Waals surface area contributed by atoms with Crippen molar-refractivity contribution in [3.8, 4) is 0 Å². The zero-order valence-electron chi connectivity index (χ0n) is 15.6. The van der Waals surface area contributed by atoms with Gasteiger partial charge in [-0.3, -0.25) is 14.6 Å². The molecule has 4 rings (SSSR count). The Morgan fingerprint density at radius 1 is 1.26 bits per heavy atom. The van der Waals surface area contributed by atoms with Crippen molar-refractivity contribution in [1.29, 1.82) is 0 Å². The van der Waals surface area contributed by atoms with Crippen molar-refractivity contribution in [2.24, 2.45) is 0 Å². The van der Waals surface area contributed by atoms with Gasteiger partial charge in [-0.25, -0.2) is 0 Å². The van der Waals surface area contributed by atoms with Gasteiger partial charge in [0.05, 0.1) is 31.5 Å². The van der Waals surface area contributed by atoms with Crippen molar-refractivity contribution in [1.82, 2.24) is 24.9 Å². The lowest BCUT2D eigenvalue weighted by Crippen LogP contribution is -2.44. The number of morpholine rings is 1. The van der Waals surface area contributed by atoms with Gasteiger partial charge in [-0.05, 0) is 25.5 Å². The maximum Gasteiger partial charge on any atom is 0.272 e. The van der Waals surface area contributed by atoms with E-state index in [-0.39, 0.29) is 11.9 Å². The van der Waals surface area contributed by atoms with Gasteiger partial charge in [0.15, 0.2) is 0 Å². The van der Waals surface area contributed by atoms with E-state index in [2.05, 4.69) is 29.3 Å². The van der Waals surface area contributed by atoms with Crippen LogP contribution in [0.1, 0.15) is 39.0 Å². The highest BCUT2D eigenvalue weighted by Crippen LogP contribution is 2.30. The zero-order chi connectivity index (χ0) is 18.8. The molecule has 1 N–H and O–H groups in total. The number of rotatable bonds is 4. The molecule has 1 aliphatic rings. The minimum atomic E-state index is -0.154. The van der Waals surface area contributed by atoms with Gasteiger partial charge in [-0.15, -0.1) is 0 Å². The summed E-state index contributed by atoms with van der Waals surface area (Å²) in [6, 6.07) is 11.8. The number of nitrogens with zero attached hydrogens (tertiary/aromatic N) is 4. The van der Waals surface area contributed by atoms with Gasteiger partial charge in [-0.1, -0.05) is 30.3 Å². The van der Waals surface area contributed by atoms with Crippen LogP contribution in [-0.4, -0.2) is 50.5 Å².